The lowest BCUT2D eigenvalue weighted by molar-refractivity contribution is -0.142. The van der Waals surface area contributed by atoms with Crippen LogP contribution >= 0.6 is 11.6 Å². The first-order chi connectivity index (χ1) is 16.8. The van der Waals surface area contributed by atoms with Crippen LogP contribution in [0.1, 0.15) is 16.8 Å². The molecule has 3 aromatic carbocycles. The molecule has 0 unspecified atom stereocenters. The molecule has 0 aliphatic rings. The monoisotopic (exact) mass is 493 g/mol. The molecule has 5 aromatic rings. The highest BCUT2D eigenvalue weighted by Gasteiger charge is 2.35. The molecule has 0 aliphatic heterocycles. The van der Waals surface area contributed by atoms with Crippen LogP contribution in [-0.2, 0) is 12.8 Å². The molecule has 2 aromatic heterocycles. The molecule has 8 heteroatoms. The first kappa shape index (κ1) is 22.9. The van der Waals surface area contributed by atoms with E-state index in [0.717, 1.165) is 27.3 Å². The van der Waals surface area contributed by atoms with Gasteiger partial charge in [0.05, 0.1) is 11.4 Å². The number of halogens is 4. The van der Waals surface area contributed by atoms with Crippen LogP contribution in [0.4, 0.5) is 13.2 Å². The zero-order valence-electron chi connectivity index (χ0n) is 18.6. The predicted molar refractivity (Wildman–Crippen MR) is 129 cm³/mol. The highest BCUT2D eigenvalue weighted by atomic mass is 35.5. The maximum absolute atomic E-state index is 13.9. The van der Waals surface area contributed by atoms with E-state index in [9.17, 15) is 13.2 Å². The maximum Gasteiger partial charge on any atom is 0.433 e. The quantitative estimate of drug-likeness (QED) is 0.253. The third-order valence-electron chi connectivity index (χ3n) is 5.57. The number of nitrogens with zero attached hydrogens (tertiary/aromatic N) is 3. The Bertz CT molecular complexity index is 1490. The number of rotatable bonds is 5. The molecule has 0 bridgehead atoms. The van der Waals surface area contributed by atoms with Crippen LogP contribution in [0, 0.1) is 6.92 Å². The zero-order chi connectivity index (χ0) is 24.6. The van der Waals surface area contributed by atoms with Crippen LogP contribution in [0.5, 0.6) is 5.75 Å². The molecule has 35 heavy (non-hydrogen) atoms. The number of alkyl halides is 3. The fourth-order valence-corrected chi connectivity index (χ4v) is 3.88. The van der Waals surface area contributed by atoms with Crippen molar-refractivity contribution in [1.29, 1.82) is 0 Å². The van der Waals surface area contributed by atoms with Crippen molar-refractivity contribution in [3.63, 3.8) is 0 Å². The highest BCUT2D eigenvalue weighted by Crippen LogP contribution is 2.34. The number of aromatic nitrogens is 3. The summed E-state index contributed by atoms with van der Waals surface area (Å²) in [5.41, 5.74) is 2.97. The second kappa shape index (κ2) is 9.07. The minimum atomic E-state index is -4.61. The molecule has 176 valence electrons. The summed E-state index contributed by atoms with van der Waals surface area (Å²) >= 11 is 6.16. The minimum absolute atomic E-state index is 0.115. The lowest BCUT2D eigenvalue weighted by Gasteiger charge is -2.12. The van der Waals surface area contributed by atoms with Gasteiger partial charge in [-0.3, -0.25) is 0 Å². The molecule has 0 N–H and O–H groups in total. The van der Waals surface area contributed by atoms with E-state index in [1.54, 1.807) is 36.4 Å². The van der Waals surface area contributed by atoms with Gasteiger partial charge < -0.3 is 4.74 Å². The van der Waals surface area contributed by atoms with Crippen molar-refractivity contribution in [2.75, 3.05) is 0 Å². The highest BCUT2D eigenvalue weighted by molar-refractivity contribution is 6.31. The van der Waals surface area contributed by atoms with E-state index in [-0.39, 0.29) is 17.9 Å². The summed E-state index contributed by atoms with van der Waals surface area (Å²) < 4.78 is 48.4. The predicted octanol–water partition coefficient (Wildman–Crippen LogP) is 7.62. The average molecular weight is 494 g/mol. The maximum atomic E-state index is 13.9. The van der Waals surface area contributed by atoms with Crippen molar-refractivity contribution in [2.24, 2.45) is 0 Å². The van der Waals surface area contributed by atoms with Gasteiger partial charge in [0.1, 0.15) is 12.4 Å². The van der Waals surface area contributed by atoms with Crippen molar-refractivity contribution in [2.45, 2.75) is 19.7 Å². The molecule has 2 heterocycles. The van der Waals surface area contributed by atoms with Crippen LogP contribution < -0.4 is 4.74 Å². The van der Waals surface area contributed by atoms with Crippen molar-refractivity contribution in [1.82, 2.24) is 14.6 Å². The Morgan fingerprint density at radius 3 is 2.20 bits per heavy atom. The summed E-state index contributed by atoms with van der Waals surface area (Å²) in [6.45, 7) is 2.22. The summed E-state index contributed by atoms with van der Waals surface area (Å²) in [5.74, 6) is 0.566. The Balaban J connectivity index is 1.47. The van der Waals surface area contributed by atoms with Gasteiger partial charge >= 0.3 is 6.18 Å². The molecule has 0 aliphatic carbocycles. The summed E-state index contributed by atoms with van der Waals surface area (Å²) in [6.07, 6.45) is -4.61. The first-order valence-corrected chi connectivity index (χ1v) is 11.2. The second-order valence-corrected chi connectivity index (χ2v) is 8.50. The van der Waals surface area contributed by atoms with Gasteiger partial charge in [-0.25, -0.2) is 9.50 Å². The number of fused-ring (bicyclic) bond motifs is 1. The van der Waals surface area contributed by atoms with Crippen LogP contribution in [-0.4, -0.2) is 14.6 Å². The molecule has 0 radical (unpaired) electrons. The van der Waals surface area contributed by atoms with E-state index in [1.807, 2.05) is 49.4 Å². The first-order valence-electron chi connectivity index (χ1n) is 10.8. The topological polar surface area (TPSA) is 39.4 Å². The number of benzene rings is 3. The van der Waals surface area contributed by atoms with Gasteiger partial charge in [-0.1, -0.05) is 59.6 Å². The molecular formula is C27H19ClF3N3O. The molecule has 0 atom stereocenters. The lowest BCUT2D eigenvalue weighted by Crippen LogP contribution is -2.13. The smallest absolute Gasteiger partial charge is 0.433 e. The second-order valence-electron chi connectivity index (χ2n) is 8.09. The van der Waals surface area contributed by atoms with Crippen LogP contribution in [0.15, 0.2) is 84.9 Å². The van der Waals surface area contributed by atoms with Gasteiger partial charge in [-0.15, -0.1) is 0 Å². The standard InChI is InChI=1S/C27H19ClF3N3O/c1-17-6-8-19(9-7-17)24-15-26-32-23(14-25(27(29,30)31)34(26)33-24)18-10-12-21(13-11-18)35-16-20-4-2-3-5-22(20)28/h2-15H,16H2,1H3. The largest absolute Gasteiger partial charge is 0.489 e. The van der Waals surface area contributed by atoms with Gasteiger partial charge in [-0.2, -0.15) is 18.3 Å². The molecule has 0 saturated heterocycles. The summed E-state index contributed by atoms with van der Waals surface area (Å²) in [4.78, 5) is 4.46. The van der Waals surface area contributed by atoms with Crippen LogP contribution in [0.3, 0.4) is 0 Å². The van der Waals surface area contributed by atoms with E-state index in [2.05, 4.69) is 10.1 Å². The van der Waals surface area contributed by atoms with Crippen molar-refractivity contribution >= 4 is 17.2 Å². The third-order valence-corrected chi connectivity index (χ3v) is 5.94. The van der Waals surface area contributed by atoms with E-state index < -0.39 is 11.9 Å². The molecule has 0 fully saturated rings. The Labute approximate surface area is 204 Å². The molecule has 0 spiro atoms. The Morgan fingerprint density at radius 2 is 1.51 bits per heavy atom. The summed E-state index contributed by atoms with van der Waals surface area (Å²) in [7, 11) is 0. The number of ether oxygens (including phenoxy) is 1. The van der Waals surface area contributed by atoms with Gasteiger partial charge in [0, 0.05) is 27.8 Å². The van der Waals surface area contributed by atoms with E-state index >= 15 is 0 Å². The lowest BCUT2D eigenvalue weighted by atomic mass is 10.1. The van der Waals surface area contributed by atoms with Crippen LogP contribution in [0.25, 0.3) is 28.2 Å². The van der Waals surface area contributed by atoms with Gasteiger partial charge in [0.25, 0.3) is 0 Å². The third kappa shape index (κ3) is 4.86. The summed E-state index contributed by atoms with van der Waals surface area (Å²) in [5, 5.41) is 4.80. The SMILES string of the molecule is Cc1ccc(-c2cc3nc(-c4ccc(OCc5ccccc5Cl)cc4)cc(C(F)(F)F)n3n2)cc1. The van der Waals surface area contributed by atoms with Gasteiger partial charge in [0.2, 0.25) is 0 Å². The van der Waals surface area contributed by atoms with E-state index in [1.165, 1.54) is 0 Å². The molecule has 0 saturated carbocycles. The fourth-order valence-electron chi connectivity index (χ4n) is 3.69. The van der Waals surface area contributed by atoms with Crippen molar-refractivity contribution in [3.05, 3.63) is 107 Å². The van der Waals surface area contributed by atoms with Gasteiger partial charge in [-0.05, 0) is 43.3 Å². The Kier molecular flexibility index (Phi) is 5.94. The fraction of sp³-hybridized carbons (Fsp3) is 0.111. The summed E-state index contributed by atoms with van der Waals surface area (Å²) in [6, 6.07) is 24.1. The molecule has 4 nitrogen and oxygen atoms in total. The van der Waals surface area contributed by atoms with Crippen molar-refractivity contribution in [3.8, 4) is 28.3 Å². The average Bonchev–Trinajstić information content (AvgIpc) is 3.27. The normalized spacial score (nSPS) is 11.7. The number of hydrogen-bond donors (Lipinski definition) is 0. The Morgan fingerprint density at radius 1 is 0.857 bits per heavy atom. The molecular weight excluding hydrogens is 475 g/mol. The molecule has 5 rings (SSSR count). The number of hydrogen-bond acceptors (Lipinski definition) is 3. The van der Waals surface area contributed by atoms with Gasteiger partial charge in [0.15, 0.2) is 11.3 Å². The molecule has 0 amide bonds. The number of aryl methyl sites for hydroxylation is 1. The van der Waals surface area contributed by atoms with Crippen molar-refractivity contribution < 1.29 is 17.9 Å². The van der Waals surface area contributed by atoms with E-state index in [4.69, 9.17) is 16.3 Å². The van der Waals surface area contributed by atoms with Crippen LogP contribution in [0.2, 0.25) is 5.02 Å². The minimum Gasteiger partial charge on any atom is -0.489 e. The van der Waals surface area contributed by atoms with E-state index in [0.29, 0.717) is 22.0 Å². The Hall–Kier alpha value is -3.84. The zero-order valence-corrected chi connectivity index (χ0v) is 19.3.